The standard InChI is InChI=1S/C12H23NO2.C2HF3O2/c1-4-12(3,5-2)9-13-8-6-7-10(13)11(14)15;3-2(4,5)1(6)7/h10H,4-9H2,1-3H3,(H,14,15);(H,6,7). The van der Waals surface area contributed by atoms with E-state index in [1.807, 2.05) is 0 Å². The zero-order chi connectivity index (χ0) is 17.6. The minimum absolute atomic E-state index is 0.234. The summed E-state index contributed by atoms with van der Waals surface area (Å²) in [5, 5.41) is 16.2. The van der Waals surface area contributed by atoms with Crippen LogP contribution in [0.5, 0.6) is 0 Å². The Kier molecular flexibility index (Phi) is 7.86. The molecule has 5 nitrogen and oxygen atoms in total. The van der Waals surface area contributed by atoms with Crippen LogP contribution in [0.25, 0.3) is 0 Å². The normalized spacial score (nSPS) is 19.5. The van der Waals surface area contributed by atoms with Gasteiger partial charge in [-0.05, 0) is 37.6 Å². The van der Waals surface area contributed by atoms with Crippen LogP contribution in [0.4, 0.5) is 13.2 Å². The van der Waals surface area contributed by atoms with Crippen LogP contribution in [0, 0.1) is 5.41 Å². The van der Waals surface area contributed by atoms with Gasteiger partial charge in [0.2, 0.25) is 0 Å². The third-order valence-electron chi connectivity index (χ3n) is 4.18. The highest BCUT2D eigenvalue weighted by molar-refractivity contribution is 5.73. The maximum absolute atomic E-state index is 11.0. The predicted molar refractivity (Wildman–Crippen MR) is 74.6 cm³/mol. The number of halogens is 3. The van der Waals surface area contributed by atoms with Crippen molar-refractivity contribution in [2.24, 2.45) is 5.41 Å². The Bertz CT molecular complexity index is 381. The molecule has 1 rings (SSSR count). The van der Waals surface area contributed by atoms with Crippen molar-refractivity contribution in [3.05, 3.63) is 0 Å². The molecule has 0 aromatic carbocycles. The van der Waals surface area contributed by atoms with Crippen molar-refractivity contribution < 1.29 is 33.0 Å². The lowest BCUT2D eigenvalue weighted by atomic mass is 9.84. The number of hydrogen-bond acceptors (Lipinski definition) is 3. The average Bonchev–Trinajstić information content (AvgIpc) is 2.86. The van der Waals surface area contributed by atoms with Gasteiger partial charge in [0.05, 0.1) is 0 Å². The van der Waals surface area contributed by atoms with E-state index in [9.17, 15) is 18.0 Å². The highest BCUT2D eigenvalue weighted by Crippen LogP contribution is 2.30. The monoisotopic (exact) mass is 327 g/mol. The summed E-state index contributed by atoms with van der Waals surface area (Å²) in [6, 6.07) is -0.234. The van der Waals surface area contributed by atoms with Crippen molar-refractivity contribution in [2.45, 2.75) is 58.7 Å². The Hall–Kier alpha value is -1.31. The van der Waals surface area contributed by atoms with Crippen molar-refractivity contribution in [1.29, 1.82) is 0 Å². The van der Waals surface area contributed by atoms with Gasteiger partial charge in [0.15, 0.2) is 0 Å². The van der Waals surface area contributed by atoms with E-state index < -0.39 is 18.1 Å². The number of hydrogen-bond donors (Lipinski definition) is 2. The minimum Gasteiger partial charge on any atom is -0.480 e. The first kappa shape index (κ1) is 20.7. The summed E-state index contributed by atoms with van der Waals surface area (Å²) in [7, 11) is 0. The van der Waals surface area contributed by atoms with Crippen LogP contribution in [0.3, 0.4) is 0 Å². The first-order valence-corrected chi connectivity index (χ1v) is 7.23. The Balaban J connectivity index is 0.000000534. The number of carboxylic acids is 2. The van der Waals surface area contributed by atoms with E-state index in [1.54, 1.807) is 0 Å². The van der Waals surface area contributed by atoms with Crippen molar-refractivity contribution in [2.75, 3.05) is 13.1 Å². The Morgan fingerprint density at radius 2 is 1.64 bits per heavy atom. The molecule has 1 aliphatic heterocycles. The van der Waals surface area contributed by atoms with Crippen LogP contribution >= 0.6 is 0 Å². The van der Waals surface area contributed by atoms with Crippen LogP contribution < -0.4 is 0 Å². The molecule has 0 aromatic heterocycles. The van der Waals surface area contributed by atoms with E-state index >= 15 is 0 Å². The molecule has 1 atom stereocenters. The number of carboxylic acid groups (broad SMARTS) is 2. The van der Waals surface area contributed by atoms with Gasteiger partial charge in [0.1, 0.15) is 6.04 Å². The molecule has 1 heterocycles. The van der Waals surface area contributed by atoms with Crippen LogP contribution in [0.2, 0.25) is 0 Å². The zero-order valence-electron chi connectivity index (χ0n) is 13.1. The molecule has 0 spiro atoms. The topological polar surface area (TPSA) is 77.8 Å². The molecule has 0 aliphatic carbocycles. The fraction of sp³-hybridized carbons (Fsp3) is 0.857. The smallest absolute Gasteiger partial charge is 0.480 e. The molecule has 0 bridgehead atoms. The molecule has 22 heavy (non-hydrogen) atoms. The molecule has 130 valence electrons. The second-order valence-corrected chi connectivity index (χ2v) is 5.79. The first-order valence-electron chi connectivity index (χ1n) is 7.23. The molecule has 0 radical (unpaired) electrons. The van der Waals surface area contributed by atoms with E-state index in [4.69, 9.17) is 15.0 Å². The molecule has 0 saturated carbocycles. The van der Waals surface area contributed by atoms with Gasteiger partial charge in [-0.3, -0.25) is 9.69 Å². The third kappa shape index (κ3) is 6.64. The molecule has 1 saturated heterocycles. The van der Waals surface area contributed by atoms with E-state index in [1.165, 1.54) is 0 Å². The summed E-state index contributed by atoms with van der Waals surface area (Å²) in [6.07, 6.45) is -1.00. The Labute approximate surface area is 128 Å². The fourth-order valence-corrected chi connectivity index (χ4v) is 2.26. The Morgan fingerprint density at radius 3 is 1.95 bits per heavy atom. The number of likely N-dealkylation sites (tertiary alicyclic amines) is 1. The van der Waals surface area contributed by atoms with Gasteiger partial charge in [-0.25, -0.2) is 4.79 Å². The van der Waals surface area contributed by atoms with Crippen molar-refractivity contribution in [3.8, 4) is 0 Å². The fourth-order valence-electron chi connectivity index (χ4n) is 2.26. The molecular weight excluding hydrogens is 303 g/mol. The second-order valence-electron chi connectivity index (χ2n) is 5.79. The van der Waals surface area contributed by atoms with Gasteiger partial charge in [0, 0.05) is 6.54 Å². The average molecular weight is 327 g/mol. The first-order chi connectivity index (χ1) is 9.96. The van der Waals surface area contributed by atoms with Crippen LogP contribution in [0.1, 0.15) is 46.5 Å². The number of alkyl halides is 3. The largest absolute Gasteiger partial charge is 0.490 e. The van der Waals surface area contributed by atoms with Crippen molar-refractivity contribution >= 4 is 11.9 Å². The highest BCUT2D eigenvalue weighted by Gasteiger charge is 2.38. The lowest BCUT2D eigenvalue weighted by molar-refractivity contribution is -0.192. The van der Waals surface area contributed by atoms with E-state index in [-0.39, 0.29) is 11.5 Å². The minimum atomic E-state index is -5.08. The predicted octanol–water partition coefficient (Wildman–Crippen LogP) is 3.00. The van der Waals surface area contributed by atoms with Crippen LogP contribution in [0.15, 0.2) is 0 Å². The molecule has 8 heteroatoms. The maximum atomic E-state index is 11.0. The number of aliphatic carboxylic acids is 2. The summed E-state index contributed by atoms with van der Waals surface area (Å²) in [4.78, 5) is 22.1. The molecule has 1 aliphatic rings. The SMILES string of the molecule is CCC(C)(CC)CN1CCCC1C(=O)O.O=C(O)C(F)(F)F. The third-order valence-corrected chi connectivity index (χ3v) is 4.18. The van der Waals surface area contributed by atoms with E-state index in [0.717, 1.165) is 38.8 Å². The molecule has 0 amide bonds. The van der Waals surface area contributed by atoms with Gasteiger partial charge >= 0.3 is 18.1 Å². The van der Waals surface area contributed by atoms with Gasteiger partial charge in [0.25, 0.3) is 0 Å². The van der Waals surface area contributed by atoms with Gasteiger partial charge < -0.3 is 10.2 Å². The zero-order valence-corrected chi connectivity index (χ0v) is 13.1. The molecular formula is C14H24F3NO4. The van der Waals surface area contributed by atoms with Gasteiger partial charge in [-0.15, -0.1) is 0 Å². The number of nitrogens with zero attached hydrogens (tertiary/aromatic N) is 1. The van der Waals surface area contributed by atoms with E-state index in [2.05, 4.69) is 25.7 Å². The molecule has 1 fully saturated rings. The summed E-state index contributed by atoms with van der Waals surface area (Å²) in [5.41, 5.74) is 0.276. The summed E-state index contributed by atoms with van der Waals surface area (Å²) >= 11 is 0. The molecule has 0 aromatic rings. The summed E-state index contributed by atoms with van der Waals surface area (Å²) < 4.78 is 31.7. The molecule has 2 N–H and O–H groups in total. The Morgan fingerprint density at radius 1 is 1.18 bits per heavy atom. The van der Waals surface area contributed by atoms with Gasteiger partial charge in [-0.2, -0.15) is 13.2 Å². The summed E-state index contributed by atoms with van der Waals surface area (Å²) in [5.74, 6) is -3.41. The van der Waals surface area contributed by atoms with Gasteiger partial charge in [-0.1, -0.05) is 20.8 Å². The maximum Gasteiger partial charge on any atom is 0.490 e. The molecule has 1 unspecified atom stereocenters. The van der Waals surface area contributed by atoms with Crippen LogP contribution in [-0.4, -0.2) is 52.4 Å². The quantitative estimate of drug-likeness (QED) is 0.811. The van der Waals surface area contributed by atoms with E-state index in [0.29, 0.717) is 0 Å². The van der Waals surface area contributed by atoms with Crippen LogP contribution in [-0.2, 0) is 9.59 Å². The highest BCUT2D eigenvalue weighted by atomic mass is 19.4. The second kappa shape index (κ2) is 8.36. The lowest BCUT2D eigenvalue weighted by Crippen LogP contribution is -2.42. The lowest BCUT2D eigenvalue weighted by Gasteiger charge is -2.33. The number of rotatable bonds is 5. The van der Waals surface area contributed by atoms with Crippen molar-refractivity contribution in [1.82, 2.24) is 4.90 Å². The summed E-state index contributed by atoms with van der Waals surface area (Å²) in [6.45, 7) is 8.51. The number of carbonyl (C=O) groups is 2. The van der Waals surface area contributed by atoms with Crippen molar-refractivity contribution in [3.63, 3.8) is 0 Å².